The van der Waals surface area contributed by atoms with Crippen LogP contribution < -0.4 is 20.1 Å². The Morgan fingerprint density at radius 3 is 2.76 bits per heavy atom. The minimum atomic E-state index is -0.742. The van der Waals surface area contributed by atoms with Crippen LogP contribution in [0.1, 0.15) is 39.2 Å². The summed E-state index contributed by atoms with van der Waals surface area (Å²) in [6.45, 7) is 1.47. The summed E-state index contributed by atoms with van der Waals surface area (Å²) >= 11 is 1.23. The summed E-state index contributed by atoms with van der Waals surface area (Å²) in [7, 11) is 1.27. The number of rotatable bonds is 7. The van der Waals surface area contributed by atoms with Crippen LogP contribution in [0.2, 0.25) is 0 Å². The number of methoxy groups -OCH3 is 1. The number of esters is 2. The van der Waals surface area contributed by atoms with Gasteiger partial charge in [0.2, 0.25) is 12.7 Å². The zero-order valence-electron chi connectivity index (χ0n) is 18.0. The molecule has 1 aromatic carbocycles. The minimum Gasteiger partial charge on any atom is -0.465 e. The van der Waals surface area contributed by atoms with E-state index < -0.39 is 30.5 Å². The fourth-order valence-corrected chi connectivity index (χ4v) is 4.72. The third-order valence-electron chi connectivity index (χ3n) is 5.29. The Morgan fingerprint density at radius 2 is 2.03 bits per heavy atom. The van der Waals surface area contributed by atoms with Crippen molar-refractivity contribution in [2.45, 2.75) is 32.2 Å². The number of hydrogen-bond acceptors (Lipinski definition) is 9. The SMILES string of the molecule is COC(=O)c1c(NC(=O)COC(=O)C2CCC(=O)N2)sc(C)c1Cc1ccc2c(c1)OCO2. The summed E-state index contributed by atoms with van der Waals surface area (Å²) in [6, 6.07) is 4.79. The highest BCUT2D eigenvalue weighted by molar-refractivity contribution is 7.16. The van der Waals surface area contributed by atoms with E-state index in [4.69, 9.17) is 18.9 Å². The van der Waals surface area contributed by atoms with Gasteiger partial charge in [0.25, 0.3) is 5.91 Å². The molecule has 33 heavy (non-hydrogen) atoms. The summed E-state index contributed by atoms with van der Waals surface area (Å²) in [5.74, 6) is -0.796. The van der Waals surface area contributed by atoms with Crippen molar-refractivity contribution in [2.24, 2.45) is 0 Å². The number of benzene rings is 1. The summed E-state index contributed by atoms with van der Waals surface area (Å²) in [4.78, 5) is 49.0. The molecular formula is C22H22N2O8S. The molecule has 10 nitrogen and oxygen atoms in total. The number of fused-ring (bicyclic) bond motifs is 1. The van der Waals surface area contributed by atoms with Crippen LogP contribution in [-0.2, 0) is 30.3 Å². The average Bonchev–Trinajstić information content (AvgIpc) is 3.51. The van der Waals surface area contributed by atoms with Crippen LogP contribution in [0.15, 0.2) is 18.2 Å². The number of nitrogens with one attached hydrogen (secondary N) is 2. The van der Waals surface area contributed by atoms with Crippen LogP contribution in [0.5, 0.6) is 11.5 Å². The van der Waals surface area contributed by atoms with Crippen molar-refractivity contribution in [3.63, 3.8) is 0 Å². The van der Waals surface area contributed by atoms with Crippen molar-refractivity contribution < 1.29 is 38.1 Å². The molecule has 1 atom stereocenters. The Labute approximate surface area is 193 Å². The first kappa shape index (κ1) is 22.6. The van der Waals surface area contributed by atoms with Crippen molar-refractivity contribution in [2.75, 3.05) is 25.8 Å². The highest BCUT2D eigenvalue weighted by Crippen LogP contribution is 2.37. The summed E-state index contributed by atoms with van der Waals surface area (Å²) in [5.41, 5.74) is 1.86. The predicted octanol–water partition coefficient (Wildman–Crippen LogP) is 1.92. The van der Waals surface area contributed by atoms with Gasteiger partial charge in [-0.05, 0) is 43.0 Å². The van der Waals surface area contributed by atoms with Crippen LogP contribution in [-0.4, -0.2) is 50.3 Å². The summed E-state index contributed by atoms with van der Waals surface area (Å²) in [6.07, 6.45) is 0.990. The zero-order valence-corrected chi connectivity index (χ0v) is 18.8. The van der Waals surface area contributed by atoms with E-state index in [1.807, 2.05) is 19.1 Å². The molecule has 1 aromatic heterocycles. The lowest BCUT2D eigenvalue weighted by Gasteiger charge is -2.11. The zero-order chi connectivity index (χ0) is 23.5. The average molecular weight is 474 g/mol. The number of aryl methyl sites for hydroxylation is 1. The quantitative estimate of drug-likeness (QED) is 0.583. The maximum absolute atomic E-state index is 12.6. The third-order valence-corrected chi connectivity index (χ3v) is 6.36. The lowest BCUT2D eigenvalue weighted by Crippen LogP contribution is -2.36. The Kier molecular flexibility index (Phi) is 6.50. The minimum absolute atomic E-state index is 0.164. The molecule has 2 aromatic rings. The van der Waals surface area contributed by atoms with Crippen LogP contribution in [0.4, 0.5) is 5.00 Å². The summed E-state index contributed by atoms with van der Waals surface area (Å²) in [5, 5.41) is 5.44. The van der Waals surface area contributed by atoms with Gasteiger partial charge < -0.3 is 29.6 Å². The van der Waals surface area contributed by atoms with Gasteiger partial charge in [0, 0.05) is 11.3 Å². The highest BCUT2D eigenvalue weighted by atomic mass is 32.1. The van der Waals surface area contributed by atoms with Gasteiger partial charge in [-0.15, -0.1) is 11.3 Å². The first-order valence-electron chi connectivity index (χ1n) is 10.2. The molecule has 0 saturated carbocycles. The normalized spacial score (nSPS) is 16.3. The van der Waals surface area contributed by atoms with Gasteiger partial charge in [0.1, 0.15) is 11.0 Å². The molecule has 0 aliphatic carbocycles. The maximum atomic E-state index is 12.6. The van der Waals surface area contributed by atoms with Crippen molar-refractivity contribution in [3.8, 4) is 11.5 Å². The second-order valence-corrected chi connectivity index (χ2v) is 8.74. The van der Waals surface area contributed by atoms with E-state index in [1.165, 1.54) is 18.4 Å². The largest absolute Gasteiger partial charge is 0.465 e. The first-order chi connectivity index (χ1) is 15.9. The Bertz CT molecular complexity index is 1130. The summed E-state index contributed by atoms with van der Waals surface area (Å²) < 4.78 is 20.7. The van der Waals surface area contributed by atoms with E-state index in [0.717, 1.165) is 10.4 Å². The lowest BCUT2D eigenvalue weighted by atomic mass is 10.0. The predicted molar refractivity (Wildman–Crippen MR) is 117 cm³/mol. The molecule has 2 aliphatic heterocycles. The standard InChI is InChI=1S/C22H22N2O8S/c1-11-13(7-12-3-5-15-16(8-12)32-10-31-15)19(22(28)29-2)20(33-11)24-18(26)9-30-21(27)14-4-6-17(25)23-14/h3,5,8,14H,4,6-7,9-10H2,1-2H3,(H,23,25)(H,24,26). The molecule has 2 aliphatic rings. The van der Waals surface area contributed by atoms with Gasteiger partial charge in [-0.25, -0.2) is 9.59 Å². The Balaban J connectivity index is 1.47. The third kappa shape index (κ3) is 4.92. The molecule has 0 spiro atoms. The molecule has 1 unspecified atom stereocenters. The fraction of sp³-hybridized carbons (Fsp3) is 0.364. The number of thiophene rings is 1. The van der Waals surface area contributed by atoms with Gasteiger partial charge >= 0.3 is 11.9 Å². The lowest BCUT2D eigenvalue weighted by molar-refractivity contribution is -0.149. The van der Waals surface area contributed by atoms with Crippen LogP contribution >= 0.6 is 11.3 Å². The van der Waals surface area contributed by atoms with Gasteiger partial charge in [-0.3, -0.25) is 9.59 Å². The van der Waals surface area contributed by atoms with E-state index >= 15 is 0 Å². The number of carbonyl (C=O) groups excluding carboxylic acids is 4. The van der Waals surface area contributed by atoms with Crippen molar-refractivity contribution >= 4 is 40.1 Å². The van der Waals surface area contributed by atoms with Crippen LogP contribution in [0.25, 0.3) is 0 Å². The van der Waals surface area contributed by atoms with Gasteiger partial charge in [-0.1, -0.05) is 6.07 Å². The number of anilines is 1. The van der Waals surface area contributed by atoms with Crippen molar-refractivity contribution in [1.29, 1.82) is 0 Å². The molecule has 0 bridgehead atoms. The smallest absolute Gasteiger partial charge is 0.341 e. The monoisotopic (exact) mass is 474 g/mol. The fourth-order valence-electron chi connectivity index (χ4n) is 3.64. The van der Waals surface area contributed by atoms with E-state index in [1.54, 1.807) is 6.07 Å². The van der Waals surface area contributed by atoms with E-state index in [-0.39, 0.29) is 24.7 Å². The second-order valence-electron chi connectivity index (χ2n) is 7.51. The molecule has 1 fully saturated rings. The molecule has 1 saturated heterocycles. The molecule has 0 radical (unpaired) electrons. The van der Waals surface area contributed by atoms with E-state index in [0.29, 0.717) is 34.9 Å². The molecule has 174 valence electrons. The number of hydrogen-bond donors (Lipinski definition) is 2. The molecular weight excluding hydrogens is 452 g/mol. The second kappa shape index (κ2) is 9.49. The molecule has 4 rings (SSSR count). The molecule has 11 heteroatoms. The van der Waals surface area contributed by atoms with E-state index in [9.17, 15) is 19.2 Å². The van der Waals surface area contributed by atoms with Crippen LogP contribution in [0.3, 0.4) is 0 Å². The topological polar surface area (TPSA) is 129 Å². The Morgan fingerprint density at radius 1 is 1.24 bits per heavy atom. The van der Waals surface area contributed by atoms with E-state index in [2.05, 4.69) is 10.6 Å². The number of amides is 2. The first-order valence-corrected chi connectivity index (χ1v) is 11.0. The molecule has 2 amide bonds. The van der Waals surface area contributed by atoms with Gasteiger partial charge in [0.15, 0.2) is 18.1 Å². The van der Waals surface area contributed by atoms with Crippen LogP contribution in [0, 0.1) is 6.92 Å². The maximum Gasteiger partial charge on any atom is 0.341 e. The van der Waals surface area contributed by atoms with Crippen molar-refractivity contribution in [3.05, 3.63) is 39.8 Å². The Hall–Kier alpha value is -3.60. The number of ether oxygens (including phenoxy) is 4. The number of carbonyl (C=O) groups is 4. The van der Waals surface area contributed by atoms with Gasteiger partial charge in [0.05, 0.1) is 12.7 Å². The highest BCUT2D eigenvalue weighted by Gasteiger charge is 2.29. The molecule has 3 heterocycles. The van der Waals surface area contributed by atoms with Crippen molar-refractivity contribution in [1.82, 2.24) is 5.32 Å². The molecule has 2 N–H and O–H groups in total. The van der Waals surface area contributed by atoms with Gasteiger partial charge in [-0.2, -0.15) is 0 Å².